The molecule has 0 bridgehead atoms. The number of ether oxygens (including phenoxy) is 1. The summed E-state index contributed by atoms with van der Waals surface area (Å²) in [6.07, 6.45) is 0.00916. The van der Waals surface area contributed by atoms with E-state index in [1.165, 1.54) is 18.2 Å². The average molecular weight is 486 g/mol. The zero-order valence-electron chi connectivity index (χ0n) is 23.4. The molecule has 0 aliphatic rings. The SMILES string of the molecule is [2H]C([2H])([2H])OCc1c(C(C)C)nc(C(C)C)c(/C=C/[C@@H](O)C[C@@H](O)CC(=O)O)c1-c1ccc(F)cc1.[Na]. The van der Waals surface area contributed by atoms with Crippen LogP contribution in [0.2, 0.25) is 0 Å². The molecule has 2 aromatic rings. The molecular weight excluding hydrogens is 448 g/mol. The fraction of sp³-hybridized carbons (Fsp3) is 0.462. The molecule has 34 heavy (non-hydrogen) atoms. The number of carboxylic acids is 1. The summed E-state index contributed by atoms with van der Waals surface area (Å²) >= 11 is 0. The number of aromatic nitrogens is 1. The van der Waals surface area contributed by atoms with Crippen molar-refractivity contribution in [2.75, 3.05) is 7.04 Å². The van der Waals surface area contributed by atoms with Gasteiger partial charge in [0, 0.05) is 59.8 Å². The van der Waals surface area contributed by atoms with Gasteiger partial charge in [-0.05, 0) is 35.1 Å². The number of carbonyl (C=O) groups is 1. The zero-order chi connectivity index (χ0) is 27.2. The normalized spacial score (nSPS) is 15.0. The molecule has 2 rings (SSSR count). The van der Waals surface area contributed by atoms with Gasteiger partial charge in [0.2, 0.25) is 0 Å². The quantitative estimate of drug-likeness (QED) is 0.405. The van der Waals surface area contributed by atoms with Crippen LogP contribution in [0, 0.1) is 5.82 Å². The second kappa shape index (κ2) is 14.1. The Balaban J connectivity index is 0.00000684. The van der Waals surface area contributed by atoms with Crippen molar-refractivity contribution in [3.8, 4) is 11.1 Å². The number of pyridine rings is 1. The van der Waals surface area contributed by atoms with Gasteiger partial charge in [0.05, 0.1) is 35.0 Å². The maximum absolute atomic E-state index is 13.8. The van der Waals surface area contributed by atoms with E-state index >= 15 is 0 Å². The van der Waals surface area contributed by atoms with Crippen molar-refractivity contribution in [3.05, 3.63) is 58.7 Å². The molecule has 1 aromatic carbocycles. The maximum atomic E-state index is 13.8. The summed E-state index contributed by atoms with van der Waals surface area (Å²) in [7, 11) is -2.64. The minimum atomic E-state index is -2.64. The second-order valence-corrected chi connectivity index (χ2v) is 8.67. The van der Waals surface area contributed by atoms with Crippen LogP contribution < -0.4 is 0 Å². The van der Waals surface area contributed by atoms with Gasteiger partial charge < -0.3 is 20.1 Å². The molecule has 2 atom stereocenters. The third kappa shape index (κ3) is 8.26. The number of nitrogens with zero attached hydrogens (tertiary/aromatic N) is 1. The van der Waals surface area contributed by atoms with Crippen LogP contribution in [0.5, 0.6) is 0 Å². The molecule has 1 heterocycles. The summed E-state index contributed by atoms with van der Waals surface area (Å²) in [6.45, 7) is 7.50. The minimum Gasteiger partial charge on any atom is -0.481 e. The number of rotatable bonds is 11. The summed E-state index contributed by atoms with van der Waals surface area (Å²) in [5.74, 6) is -1.74. The summed E-state index contributed by atoms with van der Waals surface area (Å²) in [4.78, 5) is 15.7. The van der Waals surface area contributed by atoms with E-state index < -0.39 is 37.5 Å². The van der Waals surface area contributed by atoms with Crippen LogP contribution in [0.1, 0.15) is 79.0 Å². The first kappa shape index (κ1) is 25.5. The molecule has 3 N–H and O–H groups in total. The fourth-order valence-electron chi connectivity index (χ4n) is 3.78. The van der Waals surface area contributed by atoms with Crippen LogP contribution in [0.25, 0.3) is 17.2 Å². The van der Waals surface area contributed by atoms with E-state index in [-0.39, 0.29) is 54.4 Å². The molecule has 0 amide bonds. The molecule has 1 radical (unpaired) electrons. The topological polar surface area (TPSA) is 99.9 Å². The Labute approximate surface area is 227 Å². The number of methoxy groups -OCH3 is 1. The average Bonchev–Trinajstić information content (AvgIpc) is 2.74. The van der Waals surface area contributed by atoms with E-state index in [0.717, 1.165) is 0 Å². The predicted octanol–water partition coefficient (Wildman–Crippen LogP) is 4.50. The largest absolute Gasteiger partial charge is 0.481 e. The predicted molar refractivity (Wildman–Crippen MR) is 132 cm³/mol. The van der Waals surface area contributed by atoms with Crippen LogP contribution in [-0.2, 0) is 16.1 Å². The Bertz CT molecular complexity index is 1080. The number of aliphatic hydroxyl groups excluding tert-OH is 2. The van der Waals surface area contributed by atoms with Gasteiger partial charge in [0.25, 0.3) is 0 Å². The monoisotopic (exact) mass is 485 g/mol. The molecule has 0 aliphatic carbocycles. The van der Waals surface area contributed by atoms with Crippen LogP contribution in [0.4, 0.5) is 4.39 Å². The Morgan fingerprint density at radius 1 is 1.15 bits per heavy atom. The molecular formula is C26H34FNNaO5. The van der Waals surface area contributed by atoms with Gasteiger partial charge in [-0.2, -0.15) is 0 Å². The molecule has 0 aliphatic heterocycles. The Hall–Kier alpha value is -1.61. The van der Waals surface area contributed by atoms with Gasteiger partial charge in [0.1, 0.15) is 5.82 Å². The summed E-state index contributed by atoms with van der Waals surface area (Å²) < 4.78 is 41.5. The molecule has 0 saturated carbocycles. The number of hydrogen-bond donors (Lipinski definition) is 3. The third-order valence-electron chi connectivity index (χ3n) is 5.25. The van der Waals surface area contributed by atoms with Crippen molar-refractivity contribution in [3.63, 3.8) is 0 Å². The minimum absolute atomic E-state index is 0. The van der Waals surface area contributed by atoms with Crippen molar-refractivity contribution in [2.45, 2.75) is 71.2 Å². The van der Waals surface area contributed by atoms with Gasteiger partial charge in [-0.25, -0.2) is 4.39 Å². The summed E-state index contributed by atoms with van der Waals surface area (Å²) in [5.41, 5.74) is 3.69. The first-order valence-electron chi connectivity index (χ1n) is 12.4. The van der Waals surface area contributed by atoms with Crippen molar-refractivity contribution >= 4 is 41.6 Å². The van der Waals surface area contributed by atoms with Gasteiger partial charge >= 0.3 is 5.97 Å². The third-order valence-corrected chi connectivity index (χ3v) is 5.25. The zero-order valence-corrected chi connectivity index (χ0v) is 22.4. The van der Waals surface area contributed by atoms with E-state index in [9.17, 15) is 19.4 Å². The van der Waals surface area contributed by atoms with E-state index in [1.54, 1.807) is 18.2 Å². The number of aliphatic hydroxyl groups is 2. The fourth-order valence-corrected chi connectivity index (χ4v) is 3.78. The van der Waals surface area contributed by atoms with Crippen LogP contribution >= 0.6 is 0 Å². The van der Waals surface area contributed by atoms with E-state index in [1.807, 2.05) is 27.7 Å². The first-order chi connectivity index (χ1) is 16.7. The number of benzene rings is 1. The van der Waals surface area contributed by atoms with Gasteiger partial charge in [-0.3, -0.25) is 9.78 Å². The molecule has 0 saturated heterocycles. The maximum Gasteiger partial charge on any atom is 0.305 e. The summed E-state index contributed by atoms with van der Waals surface area (Å²) in [5, 5.41) is 29.2. The van der Waals surface area contributed by atoms with Crippen molar-refractivity contribution in [1.29, 1.82) is 0 Å². The van der Waals surface area contributed by atoms with Crippen molar-refractivity contribution in [1.82, 2.24) is 4.98 Å². The second-order valence-electron chi connectivity index (χ2n) is 8.67. The molecule has 1 aromatic heterocycles. The van der Waals surface area contributed by atoms with Gasteiger partial charge in [-0.15, -0.1) is 0 Å². The Morgan fingerprint density at radius 3 is 2.29 bits per heavy atom. The number of hydrogen-bond acceptors (Lipinski definition) is 5. The van der Waals surface area contributed by atoms with Crippen LogP contribution in [0.3, 0.4) is 0 Å². The van der Waals surface area contributed by atoms with E-state index in [4.69, 9.17) is 18.9 Å². The van der Waals surface area contributed by atoms with Crippen LogP contribution in [0.15, 0.2) is 30.3 Å². The molecule has 181 valence electrons. The molecule has 0 spiro atoms. The smallest absolute Gasteiger partial charge is 0.305 e. The first-order valence-corrected chi connectivity index (χ1v) is 10.9. The molecule has 0 fully saturated rings. The van der Waals surface area contributed by atoms with Gasteiger partial charge in [0.15, 0.2) is 0 Å². The van der Waals surface area contributed by atoms with E-state index in [0.29, 0.717) is 33.6 Å². The number of aliphatic carboxylic acids is 1. The Kier molecular flexibility index (Phi) is 10.5. The van der Waals surface area contributed by atoms with Crippen LogP contribution in [-0.4, -0.2) is 75.1 Å². The number of carboxylic acid groups (broad SMARTS) is 1. The molecule has 6 nitrogen and oxygen atoms in total. The van der Waals surface area contributed by atoms with E-state index in [2.05, 4.69) is 0 Å². The standard InChI is InChI=1S/C26H34FNO5.Na/c1-15(2)25-21(11-10-19(29)12-20(30)13-23(31)32)24(17-6-8-18(27)9-7-17)22(14-33-5)26(28-25)16(3)4;/h6-11,15-16,19-20,29-30H,12-14H2,1-5H3,(H,31,32);/b11-10+;/t19-,20-;/m1./s1/i5D3;. The van der Waals surface area contributed by atoms with Crippen molar-refractivity contribution < 1.29 is 33.4 Å². The molecule has 0 unspecified atom stereocenters. The summed E-state index contributed by atoms with van der Waals surface area (Å²) in [6, 6.07) is 5.78. The van der Waals surface area contributed by atoms with Crippen molar-refractivity contribution in [2.24, 2.45) is 0 Å². The number of halogens is 1. The van der Waals surface area contributed by atoms with Gasteiger partial charge in [-0.1, -0.05) is 52.0 Å². The Morgan fingerprint density at radius 2 is 1.76 bits per heavy atom. The molecule has 8 heteroatoms.